The Morgan fingerprint density at radius 2 is 1.59 bits per heavy atom. The zero-order valence-electron chi connectivity index (χ0n) is 42.1. The number of piperazine rings is 1. The lowest BCUT2D eigenvalue weighted by Gasteiger charge is -2.44. The number of imide groups is 1. The summed E-state index contributed by atoms with van der Waals surface area (Å²) >= 11 is 3.63. The van der Waals surface area contributed by atoms with Crippen molar-refractivity contribution in [1.82, 2.24) is 34.6 Å². The molecule has 10 rings (SSSR count). The Morgan fingerprint density at radius 1 is 0.849 bits per heavy atom. The zero-order chi connectivity index (χ0) is 51.1. The smallest absolute Gasteiger partial charge is 0.420 e. The van der Waals surface area contributed by atoms with Crippen LogP contribution >= 0.6 is 23.1 Å². The number of anilines is 6. The highest BCUT2D eigenvalue weighted by Crippen LogP contribution is 2.43. The standard InChI is InChI=1S/C53H63BrN11O7P/c1-6-32-29-40(58-52-55-31-37(54)49(60-52)57-39-14-13-38-36(48(39)73(4,5)70)12-11-34(7-2)56-38)45(71-3)30-44(32)63-23-19-35(20-24-63)61-25-27-64(28-26-61)51(68)33-17-21-62(22-18-33)41-9-8-10-42-47(41)72-53(69)65(42)43-15-16-46(66)59-50(43)67/h8-14,29-31,33,35,43H,6-7,15-28H2,1-5H3,(H,59,66,67)(H2,55,57,58,60). The van der Waals surface area contributed by atoms with Gasteiger partial charge in [-0.2, -0.15) is 4.98 Å². The summed E-state index contributed by atoms with van der Waals surface area (Å²) in [6.07, 6.45) is 7.15. The Morgan fingerprint density at radius 3 is 2.29 bits per heavy atom. The number of piperidine rings is 3. The molecule has 0 saturated carbocycles. The van der Waals surface area contributed by atoms with E-state index >= 15 is 0 Å². The maximum atomic E-state index is 13.9. The average Bonchev–Trinajstić information content (AvgIpc) is 3.74. The predicted octanol–water partition coefficient (Wildman–Crippen LogP) is 7.57. The molecule has 0 aliphatic carbocycles. The number of rotatable bonds is 13. The fourth-order valence-corrected chi connectivity index (χ4v) is 13.0. The van der Waals surface area contributed by atoms with Gasteiger partial charge in [0.15, 0.2) is 5.58 Å². The number of para-hydroxylation sites is 1. The summed E-state index contributed by atoms with van der Waals surface area (Å²) in [6, 6.07) is 17.3. The van der Waals surface area contributed by atoms with Crippen LogP contribution in [-0.2, 0) is 31.8 Å². The number of carbonyl (C=O) groups is 3. The molecule has 3 amide bonds. The third-order valence-corrected chi connectivity index (χ3v) is 17.2. The van der Waals surface area contributed by atoms with Crippen molar-refractivity contribution < 1.29 is 28.1 Å². The summed E-state index contributed by atoms with van der Waals surface area (Å²) in [5, 5.41) is 10.8. The number of hydrogen-bond donors (Lipinski definition) is 3. The largest absolute Gasteiger partial charge is 0.494 e. The number of benzene rings is 3. The number of nitrogens with zero attached hydrogens (tertiary/aromatic N) is 8. The fourth-order valence-electron chi connectivity index (χ4n) is 11.2. The van der Waals surface area contributed by atoms with Gasteiger partial charge in [-0.15, -0.1) is 0 Å². The molecule has 4 aliphatic rings. The van der Waals surface area contributed by atoms with Crippen LogP contribution in [0, 0.1) is 5.92 Å². The van der Waals surface area contributed by atoms with Crippen LogP contribution in [0.3, 0.4) is 0 Å². The minimum absolute atomic E-state index is 0.0743. The Hall–Kier alpha value is -6.30. The van der Waals surface area contributed by atoms with Crippen LogP contribution in [0.2, 0.25) is 0 Å². The minimum atomic E-state index is -2.75. The van der Waals surface area contributed by atoms with Crippen molar-refractivity contribution in [3.63, 3.8) is 0 Å². The first-order chi connectivity index (χ1) is 35.2. The monoisotopic (exact) mass is 1080 g/mol. The van der Waals surface area contributed by atoms with E-state index in [-0.39, 0.29) is 30.6 Å². The SMILES string of the molecule is CCc1ccc2c(P(C)(C)=O)c(Nc3nc(Nc4cc(CC)c(N5CCC(N6CCN(C(=O)C7CCN(c8cccc9c8oc(=O)n9C8CCC(=O)NC8=O)CC7)CC6)CC5)cc4OC)ncc3Br)ccc2n1. The van der Waals surface area contributed by atoms with Crippen LogP contribution in [0.1, 0.15) is 69.7 Å². The van der Waals surface area contributed by atoms with Crippen molar-refractivity contribution in [3.05, 3.63) is 87.1 Å². The van der Waals surface area contributed by atoms with E-state index in [2.05, 4.69) is 82.4 Å². The molecule has 3 aromatic heterocycles. The first kappa shape index (κ1) is 50.2. The Labute approximate surface area is 432 Å². The molecule has 4 saturated heterocycles. The number of ether oxygens (including phenoxy) is 1. The van der Waals surface area contributed by atoms with E-state index in [9.17, 15) is 23.7 Å². The van der Waals surface area contributed by atoms with Crippen LogP contribution in [0.4, 0.5) is 34.5 Å². The van der Waals surface area contributed by atoms with Crippen LogP contribution in [0.15, 0.2) is 74.5 Å². The highest BCUT2D eigenvalue weighted by Gasteiger charge is 2.36. The molecule has 18 nitrogen and oxygen atoms in total. The molecule has 7 heterocycles. The molecule has 0 spiro atoms. The maximum absolute atomic E-state index is 13.9. The van der Waals surface area contributed by atoms with Gasteiger partial charge in [0, 0.05) is 105 Å². The lowest BCUT2D eigenvalue weighted by Crippen LogP contribution is -2.55. The van der Waals surface area contributed by atoms with Crippen LogP contribution in [0.25, 0.3) is 22.0 Å². The van der Waals surface area contributed by atoms with E-state index in [1.807, 2.05) is 36.4 Å². The minimum Gasteiger partial charge on any atom is -0.494 e. The van der Waals surface area contributed by atoms with Gasteiger partial charge in [0.2, 0.25) is 23.7 Å². The van der Waals surface area contributed by atoms with Gasteiger partial charge >= 0.3 is 5.76 Å². The molecule has 4 fully saturated rings. The van der Waals surface area contributed by atoms with E-state index in [0.717, 1.165) is 90.8 Å². The summed E-state index contributed by atoms with van der Waals surface area (Å²) in [5.74, 6) is 0.262. The maximum Gasteiger partial charge on any atom is 0.420 e. The lowest BCUT2D eigenvalue weighted by molar-refractivity contribution is -0.138. The summed E-state index contributed by atoms with van der Waals surface area (Å²) in [4.78, 5) is 74.9. The van der Waals surface area contributed by atoms with Crippen LogP contribution < -0.4 is 41.5 Å². The molecule has 0 radical (unpaired) electrons. The molecule has 4 aliphatic heterocycles. The molecular weight excluding hydrogens is 1010 g/mol. The molecule has 1 unspecified atom stereocenters. The second kappa shape index (κ2) is 20.9. The topological polar surface area (TPSA) is 200 Å². The van der Waals surface area contributed by atoms with E-state index in [0.29, 0.717) is 83.8 Å². The van der Waals surface area contributed by atoms with Crippen molar-refractivity contribution in [2.24, 2.45) is 5.92 Å². The van der Waals surface area contributed by atoms with Gasteiger partial charge < -0.3 is 39.1 Å². The number of methoxy groups -OCH3 is 1. The van der Waals surface area contributed by atoms with Crippen LogP contribution in [0.5, 0.6) is 5.75 Å². The summed E-state index contributed by atoms with van der Waals surface area (Å²) in [5.41, 5.74) is 7.30. The van der Waals surface area contributed by atoms with Crippen molar-refractivity contribution >= 4 is 103 Å². The third kappa shape index (κ3) is 10.2. The lowest BCUT2D eigenvalue weighted by atomic mass is 9.94. The molecule has 6 aromatic rings. The molecular formula is C53H63BrN11O7P. The van der Waals surface area contributed by atoms with Gasteiger partial charge in [-0.25, -0.2) is 9.78 Å². The number of hydrogen-bond acceptors (Lipinski definition) is 15. The average molecular weight is 1080 g/mol. The van der Waals surface area contributed by atoms with Crippen molar-refractivity contribution in [2.45, 2.75) is 77.3 Å². The van der Waals surface area contributed by atoms with Gasteiger partial charge in [-0.05, 0) is 116 Å². The molecule has 0 bridgehead atoms. The second-order valence-corrected chi connectivity index (χ2v) is 23.9. The normalized spacial score (nSPS) is 18.7. The molecule has 1 atom stereocenters. The van der Waals surface area contributed by atoms with Crippen molar-refractivity contribution in [2.75, 3.05) is 93.2 Å². The Balaban J connectivity index is 0.735. The first-order valence-corrected chi connectivity index (χ1v) is 28.9. The fraction of sp³-hybridized carbons (Fsp3) is 0.453. The van der Waals surface area contributed by atoms with Crippen LogP contribution in [-0.4, -0.2) is 126 Å². The van der Waals surface area contributed by atoms with E-state index in [1.54, 1.807) is 32.7 Å². The van der Waals surface area contributed by atoms with E-state index < -0.39 is 24.8 Å². The highest BCUT2D eigenvalue weighted by molar-refractivity contribution is 9.10. The van der Waals surface area contributed by atoms with Gasteiger partial charge in [0.05, 0.1) is 39.7 Å². The number of halogens is 1. The highest BCUT2D eigenvalue weighted by atomic mass is 79.9. The van der Waals surface area contributed by atoms with E-state index in [1.165, 1.54) is 10.1 Å². The summed E-state index contributed by atoms with van der Waals surface area (Å²) < 4.78 is 27.5. The predicted molar refractivity (Wildman–Crippen MR) is 289 cm³/mol. The van der Waals surface area contributed by atoms with E-state index in [4.69, 9.17) is 19.1 Å². The van der Waals surface area contributed by atoms with Gasteiger partial charge in [-0.1, -0.05) is 26.0 Å². The molecule has 73 heavy (non-hydrogen) atoms. The summed E-state index contributed by atoms with van der Waals surface area (Å²) in [7, 11) is -1.08. The van der Waals surface area contributed by atoms with Gasteiger partial charge in [-0.3, -0.25) is 34.2 Å². The van der Waals surface area contributed by atoms with Gasteiger partial charge in [0.1, 0.15) is 24.8 Å². The molecule has 3 N–H and O–H groups in total. The number of carbonyl (C=O) groups excluding carboxylic acids is 3. The van der Waals surface area contributed by atoms with Crippen molar-refractivity contribution in [3.8, 4) is 5.75 Å². The summed E-state index contributed by atoms with van der Waals surface area (Å²) in [6.45, 7) is 14.0. The number of aryl methyl sites for hydroxylation is 2. The van der Waals surface area contributed by atoms with Gasteiger partial charge in [0.25, 0.3) is 0 Å². The first-order valence-electron chi connectivity index (χ1n) is 25.5. The third-order valence-electron chi connectivity index (χ3n) is 15.1. The zero-order valence-corrected chi connectivity index (χ0v) is 44.6. The number of aromatic nitrogens is 4. The number of fused-ring (bicyclic) bond motifs is 2. The van der Waals surface area contributed by atoms with Crippen molar-refractivity contribution in [1.29, 1.82) is 0 Å². The molecule has 3 aromatic carbocycles. The number of nitrogens with one attached hydrogen (secondary N) is 3. The quantitative estimate of drug-likeness (QED) is 0.0755. The Kier molecular flexibility index (Phi) is 14.4. The molecule has 20 heteroatoms. The number of oxazole rings is 1. The second-order valence-electron chi connectivity index (χ2n) is 19.9. The number of pyridine rings is 1. The number of amides is 3. The molecule has 384 valence electrons. The Bertz CT molecular complexity index is 3210.